The summed E-state index contributed by atoms with van der Waals surface area (Å²) in [5, 5.41) is 7.44. The van der Waals surface area contributed by atoms with Crippen molar-refractivity contribution in [3.05, 3.63) is 12.7 Å². The van der Waals surface area contributed by atoms with Crippen LogP contribution in [0.15, 0.2) is 12.7 Å². The van der Waals surface area contributed by atoms with Crippen LogP contribution in [-0.4, -0.2) is 51.2 Å². The van der Waals surface area contributed by atoms with Gasteiger partial charge in [0.1, 0.15) is 12.7 Å². The zero-order chi connectivity index (χ0) is 13.1. The van der Waals surface area contributed by atoms with E-state index in [1.54, 1.807) is 12.7 Å². The number of carbonyl (C=O) groups excluding carboxylic acids is 1. The summed E-state index contributed by atoms with van der Waals surface area (Å²) < 4.78 is 1.87. The van der Waals surface area contributed by atoms with E-state index in [2.05, 4.69) is 15.4 Å². The van der Waals surface area contributed by atoms with Crippen LogP contribution >= 0.6 is 24.8 Å². The van der Waals surface area contributed by atoms with Crippen molar-refractivity contribution in [2.45, 2.75) is 38.3 Å². The van der Waals surface area contributed by atoms with Gasteiger partial charge >= 0.3 is 0 Å². The third kappa shape index (κ3) is 4.56. The molecule has 0 bridgehead atoms. The Bertz CT molecular complexity index is 422. The Morgan fingerprint density at radius 1 is 1.29 bits per heavy atom. The van der Waals surface area contributed by atoms with Gasteiger partial charge in [0.2, 0.25) is 5.91 Å². The van der Waals surface area contributed by atoms with E-state index in [0.717, 1.165) is 45.4 Å². The van der Waals surface area contributed by atoms with Gasteiger partial charge in [-0.3, -0.25) is 9.48 Å². The van der Waals surface area contributed by atoms with Crippen molar-refractivity contribution in [1.82, 2.24) is 25.0 Å². The first-order valence-corrected chi connectivity index (χ1v) is 7.17. The molecule has 0 radical (unpaired) electrons. The predicted molar refractivity (Wildman–Crippen MR) is 84.8 cm³/mol. The number of rotatable bonds is 3. The number of likely N-dealkylation sites (tertiary alicyclic amines) is 1. The minimum atomic E-state index is 0. The highest BCUT2D eigenvalue weighted by molar-refractivity contribution is 5.85. The molecule has 1 amide bonds. The lowest BCUT2D eigenvalue weighted by molar-refractivity contribution is -0.135. The van der Waals surface area contributed by atoms with Gasteiger partial charge in [0.05, 0.1) is 6.04 Å². The summed E-state index contributed by atoms with van der Waals surface area (Å²) in [6.07, 6.45) is 7.68. The monoisotopic (exact) mass is 335 g/mol. The predicted octanol–water partition coefficient (Wildman–Crippen LogP) is 1.11. The Morgan fingerprint density at radius 2 is 2.14 bits per heavy atom. The Labute approximate surface area is 137 Å². The Balaban J connectivity index is 0.00000110. The van der Waals surface area contributed by atoms with Crippen molar-refractivity contribution < 1.29 is 4.79 Å². The smallest absolute Gasteiger partial charge is 0.239 e. The molecule has 3 heterocycles. The van der Waals surface area contributed by atoms with E-state index in [1.807, 2.05) is 9.58 Å². The molecule has 1 aromatic rings. The zero-order valence-corrected chi connectivity index (χ0v) is 13.6. The lowest BCUT2D eigenvalue weighted by Crippen LogP contribution is -2.48. The molecule has 6 nitrogen and oxygen atoms in total. The standard InChI is InChI=1S/C13H21N5O.2ClH/c19-13(12-4-1-5-15-12)17-6-2-3-11(7-17)8-18-10-14-9-16-18;;/h9-12,15H,1-8H2;2*1H. The van der Waals surface area contributed by atoms with Crippen LogP contribution in [0.3, 0.4) is 0 Å². The molecule has 8 heteroatoms. The van der Waals surface area contributed by atoms with Gasteiger partial charge in [0.15, 0.2) is 0 Å². The van der Waals surface area contributed by atoms with E-state index in [9.17, 15) is 4.79 Å². The van der Waals surface area contributed by atoms with E-state index >= 15 is 0 Å². The highest BCUT2D eigenvalue weighted by atomic mass is 35.5. The molecule has 0 saturated carbocycles. The van der Waals surface area contributed by atoms with Gasteiger partial charge in [0.25, 0.3) is 0 Å². The maximum atomic E-state index is 12.4. The average Bonchev–Trinajstić information content (AvgIpc) is 3.11. The van der Waals surface area contributed by atoms with Crippen LogP contribution in [0.5, 0.6) is 0 Å². The summed E-state index contributed by atoms with van der Waals surface area (Å²) in [5.41, 5.74) is 0. The summed E-state index contributed by atoms with van der Waals surface area (Å²) in [6, 6.07) is 0.0603. The number of aromatic nitrogens is 3. The van der Waals surface area contributed by atoms with Crippen LogP contribution in [0, 0.1) is 5.92 Å². The number of nitrogens with zero attached hydrogens (tertiary/aromatic N) is 4. The van der Waals surface area contributed by atoms with Gasteiger partial charge in [0, 0.05) is 19.6 Å². The molecule has 2 aliphatic heterocycles. The molecule has 2 unspecified atom stereocenters. The third-order valence-corrected chi connectivity index (χ3v) is 4.10. The normalized spacial score (nSPS) is 25.0. The van der Waals surface area contributed by atoms with Gasteiger partial charge in [-0.05, 0) is 38.1 Å². The Morgan fingerprint density at radius 3 is 2.81 bits per heavy atom. The van der Waals surface area contributed by atoms with Crippen molar-refractivity contribution >= 4 is 30.7 Å². The van der Waals surface area contributed by atoms with E-state index in [1.165, 1.54) is 6.42 Å². The molecule has 1 aromatic heterocycles. The third-order valence-electron chi connectivity index (χ3n) is 4.10. The Kier molecular flexibility index (Phi) is 7.42. The molecule has 3 rings (SSSR count). The lowest BCUT2D eigenvalue weighted by atomic mass is 9.97. The first-order chi connectivity index (χ1) is 9.33. The van der Waals surface area contributed by atoms with Crippen molar-refractivity contribution in [3.63, 3.8) is 0 Å². The number of halogens is 2. The van der Waals surface area contributed by atoms with Gasteiger partial charge in [-0.2, -0.15) is 5.10 Å². The van der Waals surface area contributed by atoms with E-state index < -0.39 is 0 Å². The van der Waals surface area contributed by atoms with Crippen molar-refractivity contribution in [2.24, 2.45) is 5.92 Å². The molecule has 0 aliphatic carbocycles. The molecule has 2 atom stereocenters. The molecule has 2 aliphatic rings. The molecule has 21 heavy (non-hydrogen) atoms. The fourth-order valence-electron chi connectivity index (χ4n) is 3.12. The van der Waals surface area contributed by atoms with E-state index in [0.29, 0.717) is 11.8 Å². The van der Waals surface area contributed by atoms with Crippen molar-refractivity contribution in [1.29, 1.82) is 0 Å². The molecule has 0 spiro atoms. The number of piperidine rings is 1. The van der Waals surface area contributed by atoms with Crippen LogP contribution in [-0.2, 0) is 11.3 Å². The number of nitrogens with one attached hydrogen (secondary N) is 1. The second kappa shape index (κ2) is 8.56. The fourth-order valence-corrected chi connectivity index (χ4v) is 3.12. The van der Waals surface area contributed by atoms with E-state index in [4.69, 9.17) is 0 Å². The summed E-state index contributed by atoms with van der Waals surface area (Å²) in [7, 11) is 0. The number of amides is 1. The molecule has 120 valence electrons. The number of hydrogen-bond acceptors (Lipinski definition) is 4. The van der Waals surface area contributed by atoms with Gasteiger partial charge in [-0.15, -0.1) is 24.8 Å². The summed E-state index contributed by atoms with van der Waals surface area (Å²) in [6.45, 7) is 3.61. The lowest BCUT2D eigenvalue weighted by Gasteiger charge is -2.34. The highest BCUT2D eigenvalue weighted by Crippen LogP contribution is 2.20. The van der Waals surface area contributed by atoms with Gasteiger partial charge < -0.3 is 10.2 Å². The SMILES string of the molecule is Cl.Cl.O=C(C1CCCN1)N1CCCC(Cn2cncn2)C1. The summed E-state index contributed by atoms with van der Waals surface area (Å²) in [5.74, 6) is 0.793. The van der Waals surface area contributed by atoms with Crippen molar-refractivity contribution in [2.75, 3.05) is 19.6 Å². The number of carbonyl (C=O) groups is 1. The molecule has 1 N–H and O–H groups in total. The van der Waals surface area contributed by atoms with Gasteiger partial charge in [-0.1, -0.05) is 0 Å². The minimum absolute atomic E-state index is 0. The highest BCUT2D eigenvalue weighted by Gasteiger charge is 2.30. The van der Waals surface area contributed by atoms with Crippen LogP contribution in [0.4, 0.5) is 0 Å². The molecule has 2 fully saturated rings. The van der Waals surface area contributed by atoms with Crippen LogP contribution in [0.2, 0.25) is 0 Å². The first-order valence-electron chi connectivity index (χ1n) is 7.17. The first kappa shape index (κ1) is 18.2. The second-order valence-corrected chi connectivity index (χ2v) is 5.56. The van der Waals surface area contributed by atoms with E-state index in [-0.39, 0.29) is 30.9 Å². The van der Waals surface area contributed by atoms with Crippen molar-refractivity contribution in [3.8, 4) is 0 Å². The molecular weight excluding hydrogens is 313 g/mol. The maximum absolute atomic E-state index is 12.4. The Hall–Kier alpha value is -0.850. The maximum Gasteiger partial charge on any atom is 0.239 e. The van der Waals surface area contributed by atoms with Crippen LogP contribution < -0.4 is 5.32 Å². The topological polar surface area (TPSA) is 63.1 Å². The second-order valence-electron chi connectivity index (χ2n) is 5.56. The molecule has 0 aromatic carbocycles. The largest absolute Gasteiger partial charge is 0.341 e. The zero-order valence-electron chi connectivity index (χ0n) is 12.0. The average molecular weight is 336 g/mol. The minimum Gasteiger partial charge on any atom is -0.341 e. The summed E-state index contributed by atoms with van der Waals surface area (Å²) >= 11 is 0. The fraction of sp³-hybridized carbons (Fsp3) is 0.769. The number of hydrogen-bond donors (Lipinski definition) is 1. The van der Waals surface area contributed by atoms with Crippen LogP contribution in [0.1, 0.15) is 25.7 Å². The van der Waals surface area contributed by atoms with Crippen LogP contribution in [0.25, 0.3) is 0 Å². The van der Waals surface area contributed by atoms with Gasteiger partial charge in [-0.25, -0.2) is 4.98 Å². The summed E-state index contributed by atoms with van der Waals surface area (Å²) in [4.78, 5) is 18.4. The molecular formula is C13H23Cl2N5O. The molecule has 2 saturated heterocycles. The quantitative estimate of drug-likeness (QED) is 0.898.